The van der Waals surface area contributed by atoms with Crippen LogP contribution in [0.3, 0.4) is 0 Å². The Morgan fingerprint density at radius 2 is 1.85 bits per heavy atom. The fourth-order valence-electron chi connectivity index (χ4n) is 5.77. The molecule has 1 saturated heterocycles. The van der Waals surface area contributed by atoms with Gasteiger partial charge in [0, 0.05) is 37.0 Å². The largest absolute Gasteiger partial charge is 0.488 e. The van der Waals surface area contributed by atoms with Crippen LogP contribution in [0.4, 0.5) is 0 Å². The van der Waals surface area contributed by atoms with Gasteiger partial charge in [-0.1, -0.05) is 54.6 Å². The van der Waals surface area contributed by atoms with E-state index in [1.54, 1.807) is 6.21 Å². The van der Waals surface area contributed by atoms with Crippen LogP contribution in [0.5, 0.6) is 11.5 Å². The third-order valence-electron chi connectivity index (χ3n) is 8.19. The summed E-state index contributed by atoms with van der Waals surface area (Å²) in [5.41, 5.74) is 9.72. The van der Waals surface area contributed by atoms with Crippen LogP contribution in [-0.4, -0.2) is 42.0 Å². The molecule has 5 nitrogen and oxygen atoms in total. The van der Waals surface area contributed by atoms with E-state index >= 15 is 0 Å². The number of aliphatic hydroxyl groups is 1. The molecule has 0 radical (unpaired) electrons. The van der Waals surface area contributed by atoms with Crippen molar-refractivity contribution in [1.29, 1.82) is 0 Å². The number of allylic oxidation sites excluding steroid dienone is 1. The smallest absolute Gasteiger partial charge is 0.130 e. The average Bonchev–Trinajstić information content (AvgIpc) is 3.44. The molecule has 5 heteroatoms. The van der Waals surface area contributed by atoms with Gasteiger partial charge >= 0.3 is 0 Å². The van der Waals surface area contributed by atoms with Gasteiger partial charge in [-0.05, 0) is 79.8 Å². The topological polar surface area (TPSA) is 54.3 Å². The van der Waals surface area contributed by atoms with Crippen LogP contribution in [0.2, 0.25) is 0 Å². The summed E-state index contributed by atoms with van der Waals surface area (Å²) in [6.07, 6.45) is 8.01. The zero-order valence-electron chi connectivity index (χ0n) is 23.5. The highest BCUT2D eigenvalue weighted by molar-refractivity contribution is 5.68. The Morgan fingerprint density at radius 3 is 2.56 bits per heavy atom. The summed E-state index contributed by atoms with van der Waals surface area (Å²) in [6, 6.07) is 19.3. The maximum absolute atomic E-state index is 9.78. The van der Waals surface area contributed by atoms with Crippen LogP contribution in [-0.2, 0) is 26.0 Å². The standard InChI is InChI=1S/C34H40N2O3/c1-4-27(35-5-2)23-39-34-19-33(31-16-10-15-30(31)32(34)20-36-18-17-28(36)21-37)38-22-26-13-9-14-29(24(26)3)25-11-7-6-8-12-25/h4-9,11-14,19,28,37H,10,15-18,20-23H2,1-3H3/b27-4-,35-5?. The van der Waals surface area contributed by atoms with Crippen molar-refractivity contribution in [1.82, 2.24) is 4.90 Å². The Balaban J connectivity index is 1.44. The van der Waals surface area contributed by atoms with Gasteiger partial charge in [-0.3, -0.25) is 9.89 Å². The molecule has 2 aliphatic rings. The maximum Gasteiger partial charge on any atom is 0.130 e. The molecule has 1 aliphatic heterocycles. The van der Waals surface area contributed by atoms with Gasteiger partial charge in [0.1, 0.15) is 24.7 Å². The van der Waals surface area contributed by atoms with Crippen molar-refractivity contribution in [2.75, 3.05) is 19.8 Å². The molecule has 1 N–H and O–H groups in total. The van der Waals surface area contributed by atoms with Gasteiger partial charge in [0.25, 0.3) is 0 Å². The molecule has 1 atom stereocenters. The number of aliphatic imine (C=N–C) groups is 1. The molecule has 204 valence electrons. The molecule has 3 aromatic carbocycles. The van der Waals surface area contributed by atoms with E-state index in [0.717, 1.165) is 56.0 Å². The Morgan fingerprint density at radius 1 is 1.03 bits per heavy atom. The van der Waals surface area contributed by atoms with E-state index in [2.05, 4.69) is 71.4 Å². The number of nitrogens with zero attached hydrogens (tertiary/aromatic N) is 2. The molecule has 1 aliphatic carbocycles. The third kappa shape index (κ3) is 5.95. The molecule has 1 heterocycles. The zero-order chi connectivity index (χ0) is 27.2. The average molecular weight is 525 g/mol. The van der Waals surface area contributed by atoms with Crippen LogP contribution in [0.25, 0.3) is 11.1 Å². The minimum atomic E-state index is 0.203. The molecule has 3 aromatic rings. The number of likely N-dealkylation sites (tertiary alicyclic amines) is 1. The molecule has 1 unspecified atom stereocenters. The first-order valence-electron chi connectivity index (χ1n) is 14.2. The van der Waals surface area contributed by atoms with Crippen LogP contribution in [0, 0.1) is 6.92 Å². The lowest BCUT2D eigenvalue weighted by Crippen LogP contribution is -2.49. The molecule has 1 fully saturated rings. The van der Waals surface area contributed by atoms with Crippen molar-refractivity contribution in [3.63, 3.8) is 0 Å². The summed E-state index contributed by atoms with van der Waals surface area (Å²) in [5, 5.41) is 9.78. The lowest BCUT2D eigenvalue weighted by Gasteiger charge is -2.40. The monoisotopic (exact) mass is 524 g/mol. The summed E-state index contributed by atoms with van der Waals surface area (Å²) in [6.45, 7) is 9.02. The maximum atomic E-state index is 9.78. The highest BCUT2D eigenvalue weighted by Gasteiger charge is 2.31. The molecule has 0 aromatic heterocycles. The number of ether oxygens (including phenoxy) is 2. The van der Waals surface area contributed by atoms with Gasteiger partial charge in [0.15, 0.2) is 0 Å². The Bertz CT molecular complexity index is 1340. The minimum absolute atomic E-state index is 0.203. The Hall–Kier alpha value is -3.41. The van der Waals surface area contributed by atoms with E-state index in [0.29, 0.717) is 13.2 Å². The van der Waals surface area contributed by atoms with E-state index in [9.17, 15) is 5.11 Å². The van der Waals surface area contributed by atoms with Gasteiger partial charge in [0.05, 0.1) is 12.3 Å². The van der Waals surface area contributed by atoms with Crippen molar-refractivity contribution in [3.05, 3.63) is 94.2 Å². The summed E-state index contributed by atoms with van der Waals surface area (Å²) >= 11 is 0. The van der Waals surface area contributed by atoms with E-state index in [-0.39, 0.29) is 12.6 Å². The van der Waals surface area contributed by atoms with E-state index < -0.39 is 0 Å². The van der Waals surface area contributed by atoms with Crippen LogP contribution >= 0.6 is 0 Å². The number of rotatable bonds is 11. The summed E-state index contributed by atoms with van der Waals surface area (Å²) in [5.74, 6) is 1.80. The van der Waals surface area contributed by atoms with Gasteiger partial charge in [-0.25, -0.2) is 0 Å². The second-order valence-electron chi connectivity index (χ2n) is 10.5. The number of hydrogen-bond donors (Lipinski definition) is 1. The molecular weight excluding hydrogens is 484 g/mol. The predicted molar refractivity (Wildman–Crippen MR) is 159 cm³/mol. The van der Waals surface area contributed by atoms with E-state index in [1.807, 2.05) is 19.9 Å². The van der Waals surface area contributed by atoms with Gasteiger partial charge in [-0.2, -0.15) is 0 Å². The predicted octanol–water partition coefficient (Wildman–Crippen LogP) is 6.67. The quantitative estimate of drug-likeness (QED) is 0.285. The molecule has 0 saturated carbocycles. The first kappa shape index (κ1) is 27.2. The van der Waals surface area contributed by atoms with Crippen LogP contribution in [0.15, 0.2) is 71.4 Å². The molecule has 39 heavy (non-hydrogen) atoms. The van der Waals surface area contributed by atoms with Gasteiger partial charge in [0.2, 0.25) is 0 Å². The number of benzene rings is 3. The van der Waals surface area contributed by atoms with Crippen molar-refractivity contribution in [2.45, 2.75) is 65.6 Å². The van der Waals surface area contributed by atoms with Crippen molar-refractivity contribution >= 4 is 6.21 Å². The van der Waals surface area contributed by atoms with E-state index in [1.165, 1.54) is 38.9 Å². The lowest BCUT2D eigenvalue weighted by atomic mass is 9.96. The highest BCUT2D eigenvalue weighted by Crippen LogP contribution is 2.41. The normalized spacial score (nSPS) is 17.3. The van der Waals surface area contributed by atoms with E-state index in [4.69, 9.17) is 9.47 Å². The molecule has 0 bridgehead atoms. The Kier molecular flexibility index (Phi) is 8.80. The third-order valence-corrected chi connectivity index (χ3v) is 8.19. The van der Waals surface area contributed by atoms with Gasteiger partial charge < -0.3 is 14.6 Å². The van der Waals surface area contributed by atoms with Crippen LogP contribution in [0.1, 0.15) is 54.5 Å². The molecule has 5 rings (SSSR count). The lowest BCUT2D eigenvalue weighted by molar-refractivity contribution is 0.0347. The Labute approximate surface area is 232 Å². The molecule has 0 spiro atoms. The molecular formula is C34H40N2O3. The summed E-state index contributed by atoms with van der Waals surface area (Å²) in [7, 11) is 0. The molecule has 0 amide bonds. The van der Waals surface area contributed by atoms with Crippen LogP contribution < -0.4 is 9.47 Å². The second-order valence-corrected chi connectivity index (χ2v) is 10.5. The van der Waals surface area contributed by atoms with Crippen molar-refractivity contribution < 1.29 is 14.6 Å². The first-order chi connectivity index (χ1) is 19.1. The highest BCUT2D eigenvalue weighted by atomic mass is 16.5. The van der Waals surface area contributed by atoms with Crippen molar-refractivity contribution in [2.24, 2.45) is 4.99 Å². The fourth-order valence-corrected chi connectivity index (χ4v) is 5.77. The first-order valence-corrected chi connectivity index (χ1v) is 14.2. The SMILES string of the molecule is CC=N/C(=C\C)COc1cc(OCc2cccc(-c3ccccc3)c2C)c2c(c1CN1CCC1CO)CCC2. The fraction of sp³-hybridized carbons (Fsp3) is 0.382. The number of fused-ring (bicyclic) bond motifs is 1. The van der Waals surface area contributed by atoms with Crippen molar-refractivity contribution in [3.8, 4) is 22.6 Å². The number of aliphatic hydroxyl groups excluding tert-OH is 1. The zero-order valence-corrected chi connectivity index (χ0v) is 23.5. The minimum Gasteiger partial charge on any atom is -0.488 e. The number of hydrogen-bond acceptors (Lipinski definition) is 5. The summed E-state index contributed by atoms with van der Waals surface area (Å²) < 4.78 is 13.0. The summed E-state index contributed by atoms with van der Waals surface area (Å²) in [4.78, 5) is 6.81. The second kappa shape index (κ2) is 12.6. The van der Waals surface area contributed by atoms with Gasteiger partial charge in [-0.15, -0.1) is 0 Å².